The molecule has 132 valence electrons. The summed E-state index contributed by atoms with van der Waals surface area (Å²) in [7, 11) is 0. The van der Waals surface area contributed by atoms with Gasteiger partial charge in [-0.1, -0.05) is 23.2 Å². The fourth-order valence-electron chi connectivity index (χ4n) is 1.80. The van der Waals surface area contributed by atoms with Crippen LogP contribution >= 0.6 is 34.5 Å². The molecule has 1 aromatic heterocycles. The molecular weight excluding hydrogens is 391 g/mol. The fourth-order valence-corrected chi connectivity index (χ4v) is 3.13. The Morgan fingerprint density at radius 1 is 1.08 bits per heavy atom. The van der Waals surface area contributed by atoms with E-state index < -0.39 is 31.0 Å². The number of amides is 2. The number of anilines is 2. The summed E-state index contributed by atoms with van der Waals surface area (Å²) in [6.07, 6.45) is 0. The Morgan fingerprint density at radius 3 is 2.40 bits per heavy atom. The standard InChI is InChI=1S/C15H12Cl2N2O5S/c16-8-3-9(17)5-10(4-8)18-14(23)11-1-2-25-15(11)19-12(20)6-24-7-13(21)22/h1-5H,6-7H2,(H,18,23)(H,19,20)(H,21,22). The fraction of sp³-hybridized carbons (Fsp3) is 0.133. The largest absolute Gasteiger partial charge is 0.480 e. The molecule has 0 unspecified atom stereocenters. The smallest absolute Gasteiger partial charge is 0.329 e. The van der Waals surface area contributed by atoms with Crippen LogP contribution in [0.3, 0.4) is 0 Å². The molecule has 1 heterocycles. The van der Waals surface area contributed by atoms with E-state index in [1.54, 1.807) is 11.4 Å². The predicted octanol–water partition coefficient (Wildman–Crippen LogP) is 3.35. The second kappa shape index (κ2) is 8.82. The molecule has 0 aliphatic rings. The third-order valence-electron chi connectivity index (χ3n) is 2.74. The average molecular weight is 403 g/mol. The molecule has 0 radical (unpaired) electrons. The zero-order valence-electron chi connectivity index (χ0n) is 12.5. The number of rotatable bonds is 7. The molecule has 25 heavy (non-hydrogen) atoms. The van der Waals surface area contributed by atoms with E-state index in [0.717, 1.165) is 11.3 Å². The van der Waals surface area contributed by atoms with Crippen molar-refractivity contribution in [3.63, 3.8) is 0 Å². The molecule has 2 amide bonds. The molecule has 2 aromatic rings. The number of benzene rings is 1. The van der Waals surface area contributed by atoms with E-state index >= 15 is 0 Å². The van der Waals surface area contributed by atoms with Crippen molar-refractivity contribution in [2.75, 3.05) is 23.8 Å². The summed E-state index contributed by atoms with van der Waals surface area (Å²) in [5, 5.41) is 16.3. The number of halogens is 2. The van der Waals surface area contributed by atoms with Crippen LogP contribution in [-0.4, -0.2) is 36.1 Å². The monoisotopic (exact) mass is 402 g/mol. The number of carboxylic acids is 1. The molecule has 2 rings (SSSR count). The van der Waals surface area contributed by atoms with Crippen LogP contribution in [0, 0.1) is 0 Å². The Labute approximate surface area is 156 Å². The van der Waals surface area contributed by atoms with E-state index in [0.29, 0.717) is 20.7 Å². The zero-order valence-corrected chi connectivity index (χ0v) is 14.9. The van der Waals surface area contributed by atoms with Crippen molar-refractivity contribution in [1.82, 2.24) is 0 Å². The Bertz CT molecular complexity index is 789. The minimum absolute atomic E-state index is 0.243. The zero-order chi connectivity index (χ0) is 18.4. The average Bonchev–Trinajstić information content (AvgIpc) is 2.93. The second-order valence-corrected chi connectivity index (χ2v) is 6.50. The molecule has 10 heteroatoms. The van der Waals surface area contributed by atoms with Crippen molar-refractivity contribution in [2.45, 2.75) is 0 Å². The first-order valence-corrected chi connectivity index (χ1v) is 8.43. The summed E-state index contributed by atoms with van der Waals surface area (Å²) in [4.78, 5) is 34.4. The molecular formula is C15H12Cl2N2O5S. The quantitative estimate of drug-likeness (QED) is 0.658. The summed E-state index contributed by atoms with van der Waals surface area (Å²) < 4.78 is 4.69. The van der Waals surface area contributed by atoms with Crippen LogP contribution in [0.4, 0.5) is 10.7 Å². The van der Waals surface area contributed by atoms with Crippen molar-refractivity contribution in [2.24, 2.45) is 0 Å². The summed E-state index contributed by atoms with van der Waals surface area (Å²) in [5.74, 6) is -2.20. The Hall–Kier alpha value is -2.13. The molecule has 0 aliphatic heterocycles. The number of hydrogen-bond donors (Lipinski definition) is 3. The summed E-state index contributed by atoms with van der Waals surface area (Å²) in [6.45, 7) is -1.02. The number of carbonyl (C=O) groups is 3. The predicted molar refractivity (Wildman–Crippen MR) is 95.8 cm³/mol. The first kappa shape index (κ1) is 19.2. The van der Waals surface area contributed by atoms with Gasteiger partial charge in [0.15, 0.2) is 0 Å². The van der Waals surface area contributed by atoms with E-state index in [4.69, 9.17) is 33.0 Å². The van der Waals surface area contributed by atoms with E-state index in [-0.39, 0.29) is 5.56 Å². The van der Waals surface area contributed by atoms with E-state index in [1.165, 1.54) is 18.2 Å². The normalized spacial score (nSPS) is 10.3. The highest BCUT2D eigenvalue weighted by Gasteiger charge is 2.16. The molecule has 7 nitrogen and oxygen atoms in total. The number of nitrogens with one attached hydrogen (secondary N) is 2. The number of carboxylic acid groups (broad SMARTS) is 1. The highest BCUT2D eigenvalue weighted by molar-refractivity contribution is 7.14. The molecule has 0 bridgehead atoms. The van der Waals surface area contributed by atoms with Crippen molar-refractivity contribution >= 4 is 63.0 Å². The van der Waals surface area contributed by atoms with Gasteiger partial charge in [0.1, 0.15) is 18.2 Å². The third kappa shape index (κ3) is 6.02. The first-order valence-electron chi connectivity index (χ1n) is 6.79. The molecule has 0 saturated heterocycles. The van der Waals surface area contributed by atoms with Crippen LogP contribution in [0.2, 0.25) is 10.0 Å². The molecule has 0 fully saturated rings. The van der Waals surface area contributed by atoms with Crippen molar-refractivity contribution < 1.29 is 24.2 Å². The van der Waals surface area contributed by atoms with E-state index in [2.05, 4.69) is 10.6 Å². The van der Waals surface area contributed by atoms with Gasteiger partial charge in [-0.15, -0.1) is 11.3 Å². The number of thiophene rings is 1. The third-order valence-corrected chi connectivity index (χ3v) is 4.01. The van der Waals surface area contributed by atoms with Crippen LogP contribution in [0.1, 0.15) is 10.4 Å². The van der Waals surface area contributed by atoms with Crippen molar-refractivity contribution in [1.29, 1.82) is 0 Å². The Balaban J connectivity index is 2.01. The topological polar surface area (TPSA) is 105 Å². The van der Waals surface area contributed by atoms with Gasteiger partial charge >= 0.3 is 5.97 Å². The minimum atomic E-state index is -1.18. The molecule has 0 atom stereocenters. The lowest BCUT2D eigenvalue weighted by Crippen LogP contribution is -2.22. The van der Waals surface area contributed by atoms with Gasteiger partial charge in [0.2, 0.25) is 0 Å². The van der Waals surface area contributed by atoms with Crippen LogP contribution in [-0.2, 0) is 14.3 Å². The molecule has 0 aliphatic carbocycles. The highest BCUT2D eigenvalue weighted by Crippen LogP contribution is 2.26. The van der Waals surface area contributed by atoms with Gasteiger partial charge in [0.05, 0.1) is 5.56 Å². The van der Waals surface area contributed by atoms with Gasteiger partial charge in [-0.25, -0.2) is 4.79 Å². The number of aliphatic carboxylic acids is 1. The molecule has 0 spiro atoms. The SMILES string of the molecule is O=C(O)COCC(=O)Nc1sccc1C(=O)Nc1cc(Cl)cc(Cl)c1. The Kier molecular flexibility index (Phi) is 6.77. The molecule has 1 aromatic carbocycles. The Morgan fingerprint density at radius 2 is 1.76 bits per heavy atom. The minimum Gasteiger partial charge on any atom is -0.480 e. The first-order chi connectivity index (χ1) is 11.8. The number of carbonyl (C=O) groups excluding carboxylic acids is 2. The van der Waals surface area contributed by atoms with Crippen LogP contribution < -0.4 is 10.6 Å². The van der Waals surface area contributed by atoms with Crippen molar-refractivity contribution in [3.8, 4) is 0 Å². The highest BCUT2D eigenvalue weighted by atomic mass is 35.5. The van der Waals surface area contributed by atoms with Gasteiger partial charge in [-0.3, -0.25) is 9.59 Å². The number of hydrogen-bond acceptors (Lipinski definition) is 5. The van der Waals surface area contributed by atoms with Gasteiger partial charge < -0.3 is 20.5 Å². The van der Waals surface area contributed by atoms with Gasteiger partial charge in [0, 0.05) is 15.7 Å². The summed E-state index contributed by atoms with van der Waals surface area (Å²) in [5.41, 5.74) is 0.656. The maximum absolute atomic E-state index is 12.4. The van der Waals surface area contributed by atoms with Gasteiger partial charge in [0.25, 0.3) is 11.8 Å². The maximum atomic E-state index is 12.4. The summed E-state index contributed by atoms with van der Waals surface area (Å²) in [6, 6.07) is 6.15. The lowest BCUT2D eigenvalue weighted by atomic mass is 10.2. The van der Waals surface area contributed by atoms with Crippen LogP contribution in [0.5, 0.6) is 0 Å². The maximum Gasteiger partial charge on any atom is 0.329 e. The molecule has 3 N–H and O–H groups in total. The van der Waals surface area contributed by atoms with Crippen LogP contribution in [0.15, 0.2) is 29.6 Å². The second-order valence-electron chi connectivity index (χ2n) is 4.71. The lowest BCUT2D eigenvalue weighted by molar-refractivity contribution is -0.143. The van der Waals surface area contributed by atoms with Crippen LogP contribution in [0.25, 0.3) is 0 Å². The van der Waals surface area contributed by atoms with E-state index in [9.17, 15) is 14.4 Å². The van der Waals surface area contributed by atoms with Gasteiger partial charge in [-0.05, 0) is 29.6 Å². The van der Waals surface area contributed by atoms with Gasteiger partial charge in [-0.2, -0.15) is 0 Å². The molecule has 0 saturated carbocycles. The lowest BCUT2D eigenvalue weighted by Gasteiger charge is -2.08. The van der Waals surface area contributed by atoms with Crippen molar-refractivity contribution in [3.05, 3.63) is 45.3 Å². The van der Waals surface area contributed by atoms with E-state index in [1.807, 2.05) is 0 Å². The number of ether oxygens (including phenoxy) is 1. The summed E-state index contributed by atoms with van der Waals surface area (Å²) >= 11 is 12.9.